The van der Waals surface area contributed by atoms with Crippen molar-refractivity contribution >= 4 is 17.9 Å². The average molecular weight is 438 g/mol. The highest BCUT2D eigenvalue weighted by atomic mass is 19.3. The Bertz CT molecular complexity index is 1090. The van der Waals surface area contributed by atoms with E-state index in [-0.39, 0.29) is 17.9 Å². The van der Waals surface area contributed by atoms with E-state index in [2.05, 4.69) is 15.6 Å². The Labute approximate surface area is 183 Å². The van der Waals surface area contributed by atoms with Crippen LogP contribution in [0, 0.1) is 0 Å². The van der Waals surface area contributed by atoms with Crippen LogP contribution >= 0.6 is 0 Å². The van der Waals surface area contributed by atoms with E-state index in [1.165, 1.54) is 24.3 Å². The third-order valence-corrected chi connectivity index (χ3v) is 4.21. The van der Waals surface area contributed by atoms with Gasteiger partial charge in [0.2, 0.25) is 0 Å². The van der Waals surface area contributed by atoms with Crippen molar-refractivity contribution in [3.05, 3.63) is 90.5 Å². The number of ether oxygens (including phenoxy) is 2. The fourth-order valence-electron chi connectivity index (χ4n) is 2.79. The van der Waals surface area contributed by atoms with Crippen molar-refractivity contribution in [3.63, 3.8) is 0 Å². The molecule has 0 aromatic heterocycles. The summed E-state index contributed by atoms with van der Waals surface area (Å²) in [5.41, 5.74) is 6.49. The number of carbonyl (C=O) groups excluding carboxylic acids is 2. The van der Waals surface area contributed by atoms with Crippen LogP contribution in [0.1, 0.15) is 5.56 Å². The maximum Gasteiger partial charge on any atom is 0.387 e. The molecule has 0 fully saturated rings. The fraction of sp³-hybridized carbons (Fsp3) is 0.0833. The van der Waals surface area contributed by atoms with Crippen LogP contribution in [0.5, 0.6) is 11.5 Å². The molecular formula is C24H20F2N2O4. The fourth-order valence-corrected chi connectivity index (χ4v) is 2.79. The van der Waals surface area contributed by atoms with Crippen LogP contribution in [-0.2, 0) is 9.59 Å². The van der Waals surface area contributed by atoms with E-state index in [0.717, 1.165) is 17.2 Å². The van der Waals surface area contributed by atoms with E-state index in [4.69, 9.17) is 4.74 Å². The lowest BCUT2D eigenvalue weighted by Crippen LogP contribution is -2.43. The Kier molecular flexibility index (Phi) is 7.91. The molecule has 3 rings (SSSR count). The highest BCUT2D eigenvalue weighted by molar-refractivity contribution is 5.93. The zero-order valence-electron chi connectivity index (χ0n) is 16.8. The topological polar surface area (TPSA) is 76.7 Å². The predicted molar refractivity (Wildman–Crippen MR) is 116 cm³/mol. The maximum absolute atomic E-state index is 12.4. The molecule has 2 N–H and O–H groups in total. The van der Waals surface area contributed by atoms with Gasteiger partial charge in [-0.15, -0.1) is 0 Å². The minimum absolute atomic E-state index is 0.0685. The molecule has 32 heavy (non-hydrogen) atoms. The molecule has 0 aliphatic heterocycles. The van der Waals surface area contributed by atoms with Crippen molar-refractivity contribution in [2.24, 2.45) is 0 Å². The number of carbonyl (C=O) groups is 2. The van der Waals surface area contributed by atoms with Gasteiger partial charge in [0.1, 0.15) is 11.5 Å². The first-order valence-electron chi connectivity index (χ1n) is 9.61. The summed E-state index contributed by atoms with van der Waals surface area (Å²) < 4.78 is 34.9. The second kappa shape index (κ2) is 11.3. The van der Waals surface area contributed by atoms with E-state index in [1.54, 1.807) is 18.2 Å². The van der Waals surface area contributed by atoms with Gasteiger partial charge in [-0.05, 0) is 23.8 Å². The molecule has 0 unspecified atom stereocenters. The van der Waals surface area contributed by atoms with Crippen LogP contribution in [0.3, 0.4) is 0 Å². The monoisotopic (exact) mass is 438 g/mol. The molecular weight excluding hydrogens is 418 g/mol. The summed E-state index contributed by atoms with van der Waals surface area (Å²) in [4.78, 5) is 24.0. The number of para-hydroxylation sites is 2. The Morgan fingerprint density at radius 1 is 0.844 bits per heavy atom. The van der Waals surface area contributed by atoms with Crippen LogP contribution < -0.4 is 20.3 Å². The summed E-state index contributed by atoms with van der Waals surface area (Å²) in [6, 6.07) is 22.9. The SMILES string of the molecule is O=C(/C=C/c1ccccc1OC(F)F)NNC(=O)COc1ccccc1-c1ccccc1. The minimum Gasteiger partial charge on any atom is -0.483 e. The molecule has 0 aliphatic carbocycles. The number of alkyl halides is 2. The van der Waals surface area contributed by atoms with E-state index in [0.29, 0.717) is 5.75 Å². The highest BCUT2D eigenvalue weighted by Crippen LogP contribution is 2.29. The molecule has 0 saturated carbocycles. The van der Waals surface area contributed by atoms with Gasteiger partial charge >= 0.3 is 6.61 Å². The molecule has 3 aromatic carbocycles. The zero-order valence-corrected chi connectivity index (χ0v) is 16.8. The predicted octanol–water partition coefficient (Wildman–Crippen LogP) is 4.19. The number of benzene rings is 3. The van der Waals surface area contributed by atoms with E-state index < -0.39 is 18.4 Å². The normalized spacial score (nSPS) is 10.7. The van der Waals surface area contributed by atoms with Crippen LogP contribution in [0.2, 0.25) is 0 Å². The molecule has 0 radical (unpaired) electrons. The van der Waals surface area contributed by atoms with Gasteiger partial charge in [-0.2, -0.15) is 8.78 Å². The zero-order chi connectivity index (χ0) is 22.8. The number of halogens is 2. The first-order chi connectivity index (χ1) is 15.5. The third kappa shape index (κ3) is 6.66. The summed E-state index contributed by atoms with van der Waals surface area (Å²) in [5.74, 6) is -0.775. The molecule has 6 nitrogen and oxygen atoms in total. The molecule has 0 atom stereocenters. The molecule has 2 amide bonds. The lowest BCUT2D eigenvalue weighted by atomic mass is 10.1. The Hall–Kier alpha value is -4.20. The second-order valence-electron chi connectivity index (χ2n) is 6.44. The van der Waals surface area contributed by atoms with Crippen LogP contribution in [0.4, 0.5) is 8.78 Å². The summed E-state index contributed by atoms with van der Waals surface area (Å²) in [7, 11) is 0. The van der Waals surface area contributed by atoms with Gasteiger partial charge in [-0.3, -0.25) is 20.4 Å². The standard InChI is InChI=1S/C24H20F2N2O4/c25-24(26)32-20-12-6-4-10-18(20)14-15-22(29)27-28-23(30)16-31-21-13-7-5-11-19(21)17-8-2-1-3-9-17/h1-15,24H,16H2,(H,27,29)(H,28,30)/b15-14+. The van der Waals surface area contributed by atoms with Crippen molar-refractivity contribution in [1.82, 2.24) is 10.9 Å². The lowest BCUT2D eigenvalue weighted by Gasteiger charge is -2.12. The number of nitrogens with one attached hydrogen (secondary N) is 2. The first-order valence-corrected chi connectivity index (χ1v) is 9.61. The maximum atomic E-state index is 12.4. The highest BCUT2D eigenvalue weighted by Gasteiger charge is 2.10. The van der Waals surface area contributed by atoms with E-state index in [9.17, 15) is 18.4 Å². The van der Waals surface area contributed by atoms with Crippen LogP contribution in [-0.4, -0.2) is 25.0 Å². The van der Waals surface area contributed by atoms with Crippen molar-refractivity contribution in [2.45, 2.75) is 6.61 Å². The van der Waals surface area contributed by atoms with Crippen molar-refractivity contribution in [1.29, 1.82) is 0 Å². The summed E-state index contributed by atoms with van der Waals surface area (Å²) in [5, 5.41) is 0. The van der Waals surface area contributed by atoms with Gasteiger partial charge in [-0.1, -0.05) is 66.7 Å². The Balaban J connectivity index is 1.51. The summed E-state index contributed by atoms with van der Waals surface area (Å²) in [6.45, 7) is -3.30. The smallest absolute Gasteiger partial charge is 0.387 e. The quantitative estimate of drug-likeness (QED) is 0.408. The number of amides is 2. The van der Waals surface area contributed by atoms with Gasteiger partial charge in [0.15, 0.2) is 6.61 Å². The van der Waals surface area contributed by atoms with Gasteiger partial charge in [0, 0.05) is 17.2 Å². The largest absolute Gasteiger partial charge is 0.483 e. The molecule has 0 bridgehead atoms. The minimum atomic E-state index is -2.98. The van der Waals surface area contributed by atoms with Gasteiger partial charge in [0.25, 0.3) is 11.8 Å². The van der Waals surface area contributed by atoms with Crippen LogP contribution in [0.15, 0.2) is 84.9 Å². The number of hydrogen-bond acceptors (Lipinski definition) is 4. The molecule has 0 heterocycles. The summed E-state index contributed by atoms with van der Waals surface area (Å²) in [6.07, 6.45) is 2.38. The second-order valence-corrected chi connectivity index (χ2v) is 6.44. The van der Waals surface area contributed by atoms with Crippen molar-refractivity contribution < 1.29 is 27.8 Å². The molecule has 164 valence electrons. The molecule has 0 spiro atoms. The Morgan fingerprint density at radius 2 is 1.50 bits per heavy atom. The van der Waals surface area contributed by atoms with E-state index >= 15 is 0 Å². The lowest BCUT2D eigenvalue weighted by molar-refractivity contribution is -0.128. The van der Waals surface area contributed by atoms with Crippen LogP contribution in [0.25, 0.3) is 17.2 Å². The summed E-state index contributed by atoms with van der Waals surface area (Å²) >= 11 is 0. The molecule has 3 aromatic rings. The van der Waals surface area contributed by atoms with E-state index in [1.807, 2.05) is 42.5 Å². The third-order valence-electron chi connectivity index (χ3n) is 4.21. The van der Waals surface area contributed by atoms with Crippen molar-refractivity contribution in [2.75, 3.05) is 6.61 Å². The number of rotatable bonds is 8. The molecule has 0 aliphatic rings. The number of hydrogen-bond donors (Lipinski definition) is 2. The average Bonchev–Trinajstić information content (AvgIpc) is 2.81. The molecule has 8 heteroatoms. The van der Waals surface area contributed by atoms with Crippen molar-refractivity contribution in [3.8, 4) is 22.6 Å². The molecule has 0 saturated heterocycles. The first kappa shape index (κ1) is 22.5. The van der Waals surface area contributed by atoms with Gasteiger partial charge in [-0.25, -0.2) is 0 Å². The Morgan fingerprint density at radius 3 is 2.25 bits per heavy atom. The van der Waals surface area contributed by atoms with Gasteiger partial charge < -0.3 is 9.47 Å². The van der Waals surface area contributed by atoms with Gasteiger partial charge in [0.05, 0.1) is 0 Å². The number of hydrazine groups is 1.